The molecule has 16 heavy (non-hydrogen) atoms. The minimum Gasteiger partial charge on any atom is -0.370 e. The van der Waals surface area contributed by atoms with Gasteiger partial charge in [-0.3, -0.25) is 0 Å². The van der Waals surface area contributed by atoms with Gasteiger partial charge in [0.25, 0.3) is 0 Å². The molecule has 1 heterocycles. The summed E-state index contributed by atoms with van der Waals surface area (Å²) < 4.78 is 31.2. The van der Waals surface area contributed by atoms with Crippen LogP contribution in [0.3, 0.4) is 0 Å². The molecular weight excluding hydrogens is 210 g/mol. The van der Waals surface area contributed by atoms with E-state index in [2.05, 4.69) is 6.92 Å². The molecule has 1 aromatic rings. The first-order valence-electron chi connectivity index (χ1n) is 5.72. The fourth-order valence-electron chi connectivity index (χ4n) is 2.05. The normalized spacial score (nSPS) is 25.5. The molecule has 0 saturated carbocycles. The molecule has 0 aliphatic carbocycles. The Morgan fingerprint density at radius 1 is 1.25 bits per heavy atom. The molecule has 1 aliphatic rings. The van der Waals surface area contributed by atoms with Crippen molar-refractivity contribution in [3.63, 3.8) is 0 Å². The summed E-state index contributed by atoms with van der Waals surface area (Å²) in [5.41, 5.74) is 0.837. The fourth-order valence-corrected chi connectivity index (χ4v) is 2.05. The Bertz CT molecular complexity index is 378. The molecule has 0 amide bonds. The fraction of sp³-hybridized carbons (Fsp3) is 0.538. The molecule has 2 rings (SSSR count). The van der Waals surface area contributed by atoms with Gasteiger partial charge in [0.2, 0.25) is 0 Å². The van der Waals surface area contributed by atoms with Crippen LogP contribution in [0.1, 0.15) is 38.2 Å². The third-order valence-electron chi connectivity index (χ3n) is 3.19. The number of ether oxygens (including phenoxy) is 1. The Hall–Kier alpha value is -0.960. The second kappa shape index (κ2) is 4.50. The lowest BCUT2D eigenvalue weighted by Gasteiger charge is -2.10. The van der Waals surface area contributed by atoms with Crippen molar-refractivity contribution in [2.45, 2.75) is 44.8 Å². The standard InChI is InChI=1S/C13H16F2O/c1-3-12-13(16-12)6-8(2)9-4-5-10(14)11(15)7-9/h4-5,7-8,12-13H,3,6H2,1-2H3. The van der Waals surface area contributed by atoms with Gasteiger partial charge in [0.15, 0.2) is 11.6 Å². The zero-order valence-electron chi connectivity index (χ0n) is 9.54. The molecule has 0 bridgehead atoms. The lowest BCUT2D eigenvalue weighted by atomic mass is 9.95. The average molecular weight is 226 g/mol. The van der Waals surface area contributed by atoms with E-state index in [1.165, 1.54) is 12.1 Å². The SMILES string of the molecule is CCC1OC1CC(C)c1ccc(F)c(F)c1. The van der Waals surface area contributed by atoms with Crippen molar-refractivity contribution in [3.8, 4) is 0 Å². The molecule has 1 aromatic carbocycles. The van der Waals surface area contributed by atoms with Gasteiger partial charge in [-0.25, -0.2) is 8.78 Å². The van der Waals surface area contributed by atoms with Crippen molar-refractivity contribution in [2.75, 3.05) is 0 Å². The third kappa shape index (κ3) is 2.40. The van der Waals surface area contributed by atoms with Crippen LogP contribution in [-0.2, 0) is 4.74 Å². The Labute approximate surface area is 94.4 Å². The lowest BCUT2D eigenvalue weighted by molar-refractivity contribution is 0.352. The summed E-state index contributed by atoms with van der Waals surface area (Å²) in [6, 6.07) is 4.11. The van der Waals surface area contributed by atoms with Crippen molar-refractivity contribution in [1.29, 1.82) is 0 Å². The van der Waals surface area contributed by atoms with Gasteiger partial charge in [0.1, 0.15) is 0 Å². The average Bonchev–Trinajstić information content (AvgIpc) is 3.00. The highest BCUT2D eigenvalue weighted by atomic mass is 19.2. The van der Waals surface area contributed by atoms with Crippen LogP contribution in [-0.4, -0.2) is 12.2 Å². The monoisotopic (exact) mass is 226 g/mol. The van der Waals surface area contributed by atoms with E-state index in [0.29, 0.717) is 12.2 Å². The van der Waals surface area contributed by atoms with Crippen LogP contribution in [0.15, 0.2) is 18.2 Å². The largest absolute Gasteiger partial charge is 0.370 e. The van der Waals surface area contributed by atoms with E-state index < -0.39 is 11.6 Å². The smallest absolute Gasteiger partial charge is 0.159 e. The van der Waals surface area contributed by atoms with Gasteiger partial charge in [0, 0.05) is 0 Å². The van der Waals surface area contributed by atoms with Crippen molar-refractivity contribution < 1.29 is 13.5 Å². The van der Waals surface area contributed by atoms with E-state index in [-0.39, 0.29) is 5.92 Å². The molecule has 3 atom stereocenters. The van der Waals surface area contributed by atoms with Crippen LogP contribution in [0.4, 0.5) is 8.78 Å². The summed E-state index contributed by atoms with van der Waals surface area (Å²) in [6.45, 7) is 4.11. The maximum atomic E-state index is 13.0. The summed E-state index contributed by atoms with van der Waals surface area (Å²) in [5.74, 6) is -1.35. The summed E-state index contributed by atoms with van der Waals surface area (Å²) in [6.07, 6.45) is 2.57. The first kappa shape index (κ1) is 11.5. The predicted molar refractivity (Wildman–Crippen MR) is 58.3 cm³/mol. The highest BCUT2D eigenvalue weighted by Gasteiger charge is 2.37. The highest BCUT2D eigenvalue weighted by Crippen LogP contribution is 2.34. The molecule has 0 N–H and O–H groups in total. The van der Waals surface area contributed by atoms with Gasteiger partial charge < -0.3 is 4.74 Å². The second-order valence-electron chi connectivity index (χ2n) is 4.43. The van der Waals surface area contributed by atoms with Gasteiger partial charge in [-0.15, -0.1) is 0 Å². The maximum absolute atomic E-state index is 13.0. The zero-order chi connectivity index (χ0) is 11.7. The minimum absolute atomic E-state index is 0.205. The minimum atomic E-state index is -0.787. The van der Waals surface area contributed by atoms with Crippen LogP contribution < -0.4 is 0 Å². The molecule has 0 aromatic heterocycles. The second-order valence-corrected chi connectivity index (χ2v) is 4.43. The van der Waals surface area contributed by atoms with E-state index in [1.807, 2.05) is 6.92 Å². The van der Waals surface area contributed by atoms with Crippen LogP contribution in [0.2, 0.25) is 0 Å². The third-order valence-corrected chi connectivity index (χ3v) is 3.19. The van der Waals surface area contributed by atoms with Crippen molar-refractivity contribution in [3.05, 3.63) is 35.4 Å². The molecule has 0 spiro atoms. The first-order chi connectivity index (χ1) is 7.61. The van der Waals surface area contributed by atoms with Gasteiger partial charge in [-0.1, -0.05) is 19.9 Å². The van der Waals surface area contributed by atoms with E-state index in [4.69, 9.17) is 4.74 Å². The Morgan fingerprint density at radius 3 is 2.56 bits per heavy atom. The van der Waals surface area contributed by atoms with Crippen molar-refractivity contribution in [1.82, 2.24) is 0 Å². The number of benzene rings is 1. The van der Waals surface area contributed by atoms with Gasteiger partial charge >= 0.3 is 0 Å². The topological polar surface area (TPSA) is 12.5 Å². The van der Waals surface area contributed by atoms with Crippen LogP contribution >= 0.6 is 0 Å². The lowest BCUT2D eigenvalue weighted by Crippen LogP contribution is -2.02. The van der Waals surface area contributed by atoms with Crippen LogP contribution in [0, 0.1) is 11.6 Å². The van der Waals surface area contributed by atoms with Crippen LogP contribution in [0.5, 0.6) is 0 Å². The van der Waals surface area contributed by atoms with Gasteiger partial charge in [0.05, 0.1) is 12.2 Å². The molecule has 1 aliphatic heterocycles. The maximum Gasteiger partial charge on any atom is 0.159 e. The molecule has 88 valence electrons. The van der Waals surface area contributed by atoms with E-state index >= 15 is 0 Å². The number of hydrogen-bond donors (Lipinski definition) is 0. The summed E-state index contributed by atoms with van der Waals surface area (Å²) in [4.78, 5) is 0. The molecule has 1 saturated heterocycles. The highest BCUT2D eigenvalue weighted by molar-refractivity contribution is 5.21. The zero-order valence-corrected chi connectivity index (χ0v) is 9.54. The first-order valence-corrected chi connectivity index (χ1v) is 5.72. The Kier molecular flexibility index (Phi) is 3.24. The number of rotatable bonds is 4. The molecule has 3 unspecified atom stereocenters. The van der Waals surface area contributed by atoms with Gasteiger partial charge in [-0.2, -0.15) is 0 Å². The molecular formula is C13H16F2O. The van der Waals surface area contributed by atoms with E-state index in [0.717, 1.165) is 18.4 Å². The van der Waals surface area contributed by atoms with Gasteiger partial charge in [-0.05, 0) is 36.5 Å². The van der Waals surface area contributed by atoms with Crippen molar-refractivity contribution >= 4 is 0 Å². The Balaban J connectivity index is 1.98. The number of epoxide rings is 1. The quantitative estimate of drug-likeness (QED) is 0.714. The molecule has 3 heteroatoms. The molecule has 0 radical (unpaired) electrons. The predicted octanol–water partition coefficient (Wildman–Crippen LogP) is 3.64. The summed E-state index contributed by atoms with van der Waals surface area (Å²) >= 11 is 0. The van der Waals surface area contributed by atoms with E-state index in [1.54, 1.807) is 6.07 Å². The molecule has 1 nitrogen and oxygen atoms in total. The number of hydrogen-bond acceptors (Lipinski definition) is 1. The molecule has 1 fully saturated rings. The number of halogens is 2. The van der Waals surface area contributed by atoms with Crippen LogP contribution in [0.25, 0.3) is 0 Å². The summed E-state index contributed by atoms with van der Waals surface area (Å²) in [5, 5.41) is 0. The summed E-state index contributed by atoms with van der Waals surface area (Å²) in [7, 11) is 0. The van der Waals surface area contributed by atoms with Crippen molar-refractivity contribution in [2.24, 2.45) is 0 Å². The van der Waals surface area contributed by atoms with E-state index in [9.17, 15) is 8.78 Å². The Morgan fingerprint density at radius 2 is 2.00 bits per heavy atom.